The molecule has 9 nitrogen and oxygen atoms in total. The monoisotopic (exact) mass is 553 g/mol. The first-order valence-corrected chi connectivity index (χ1v) is 13.2. The molecule has 0 radical (unpaired) electrons. The van der Waals surface area contributed by atoms with E-state index in [1.807, 2.05) is 0 Å². The fourth-order valence-corrected chi connectivity index (χ4v) is 6.02. The molecule has 1 amide bonds. The van der Waals surface area contributed by atoms with E-state index in [1.165, 1.54) is 18.2 Å². The quantitative estimate of drug-likeness (QED) is 0.417. The number of carbonyl (C=O) groups is 3. The number of benzene rings is 2. The highest BCUT2D eigenvalue weighted by Crippen LogP contribution is 2.37. The van der Waals surface area contributed by atoms with Crippen molar-refractivity contribution < 1.29 is 41.4 Å². The van der Waals surface area contributed by atoms with Crippen molar-refractivity contribution in [3.8, 4) is 0 Å². The van der Waals surface area contributed by atoms with Crippen molar-refractivity contribution in [2.75, 3.05) is 10.9 Å². The minimum absolute atomic E-state index is 0.000263. The second-order valence-electron chi connectivity index (χ2n) is 7.95. The molecule has 0 saturated heterocycles. The van der Waals surface area contributed by atoms with Gasteiger partial charge in [-0.05, 0) is 50.5 Å². The number of halogens is 2. The first-order chi connectivity index (χ1) is 17.6. The standard InChI is InChI=1S/C25H25ClFNO8S/c1-3-34-25(31)36-21-11-7-8-12-22(21)37(32,33)28(20-14-13-18(27)15-19(20)26)24(30)23(35-16(2)29)17-9-5-4-6-10-17/h4-6,9-11,13-15,22-23H,3,7-8,12H2,1-2H3/t22-,23+/m1/s1. The topological polar surface area (TPSA) is 116 Å². The number of carbonyl (C=O) groups excluding carboxylic acids is 3. The second-order valence-corrected chi connectivity index (χ2v) is 10.3. The van der Waals surface area contributed by atoms with E-state index in [0.717, 1.165) is 25.1 Å². The molecule has 1 aliphatic rings. The van der Waals surface area contributed by atoms with Gasteiger partial charge in [-0.1, -0.05) is 41.9 Å². The molecule has 198 valence electrons. The van der Waals surface area contributed by atoms with E-state index in [4.69, 9.17) is 25.8 Å². The molecule has 0 bridgehead atoms. The van der Waals surface area contributed by atoms with Gasteiger partial charge in [0.2, 0.25) is 6.10 Å². The zero-order valence-corrected chi connectivity index (χ0v) is 21.6. The Morgan fingerprint density at radius 3 is 2.49 bits per heavy atom. The summed E-state index contributed by atoms with van der Waals surface area (Å²) < 4.78 is 57.6. The molecule has 2 aromatic carbocycles. The van der Waals surface area contributed by atoms with Crippen LogP contribution in [0, 0.1) is 5.82 Å². The molecule has 1 aliphatic carbocycles. The van der Waals surface area contributed by atoms with E-state index in [-0.39, 0.29) is 35.1 Å². The van der Waals surface area contributed by atoms with Gasteiger partial charge < -0.3 is 14.2 Å². The van der Waals surface area contributed by atoms with Crippen LogP contribution in [0.2, 0.25) is 5.02 Å². The SMILES string of the molecule is CCOC(=O)OC1=CCCC[C@H]1S(=O)(=O)N(C(=O)[C@@H](OC(C)=O)c1ccccc1)c1ccc(F)cc1Cl. The molecule has 0 aliphatic heterocycles. The third kappa shape index (κ3) is 6.66. The number of hydrogen-bond acceptors (Lipinski definition) is 8. The van der Waals surface area contributed by atoms with Crippen molar-refractivity contribution in [3.05, 3.63) is 76.8 Å². The predicted octanol–water partition coefficient (Wildman–Crippen LogP) is 5.06. The summed E-state index contributed by atoms with van der Waals surface area (Å²) in [7, 11) is -4.73. The average Bonchev–Trinajstić information content (AvgIpc) is 2.84. The molecule has 2 atom stereocenters. The van der Waals surface area contributed by atoms with E-state index in [2.05, 4.69) is 0 Å². The van der Waals surface area contributed by atoms with Gasteiger partial charge in [0, 0.05) is 12.5 Å². The third-order valence-corrected chi connectivity index (χ3v) is 7.73. The number of rotatable bonds is 8. The molecule has 0 heterocycles. The Kier molecular flexibility index (Phi) is 9.28. The Bertz CT molecular complexity index is 1300. The molecule has 2 aromatic rings. The minimum Gasteiger partial charge on any atom is -0.447 e. The van der Waals surface area contributed by atoms with Crippen molar-refractivity contribution in [1.29, 1.82) is 0 Å². The van der Waals surface area contributed by atoms with Crippen molar-refractivity contribution in [3.63, 3.8) is 0 Å². The van der Waals surface area contributed by atoms with E-state index >= 15 is 0 Å². The lowest BCUT2D eigenvalue weighted by Crippen LogP contribution is -2.47. The molecular weight excluding hydrogens is 529 g/mol. The van der Waals surface area contributed by atoms with Gasteiger partial charge in [-0.3, -0.25) is 9.59 Å². The lowest BCUT2D eigenvalue weighted by molar-refractivity contribution is -0.153. The minimum atomic E-state index is -4.73. The van der Waals surface area contributed by atoms with Gasteiger partial charge in [0.1, 0.15) is 16.8 Å². The molecule has 37 heavy (non-hydrogen) atoms. The van der Waals surface area contributed by atoms with E-state index in [1.54, 1.807) is 25.1 Å². The summed E-state index contributed by atoms with van der Waals surface area (Å²) in [4.78, 5) is 37.8. The number of anilines is 1. The zero-order chi connectivity index (χ0) is 27.2. The van der Waals surface area contributed by atoms with Gasteiger partial charge in [0.25, 0.3) is 15.9 Å². The van der Waals surface area contributed by atoms with Crippen LogP contribution < -0.4 is 4.31 Å². The Balaban J connectivity index is 2.16. The Morgan fingerprint density at radius 1 is 1.16 bits per heavy atom. The average molecular weight is 554 g/mol. The van der Waals surface area contributed by atoms with Gasteiger partial charge >= 0.3 is 12.1 Å². The van der Waals surface area contributed by atoms with E-state index in [9.17, 15) is 27.2 Å². The lowest BCUT2D eigenvalue weighted by atomic mass is 10.1. The fourth-order valence-electron chi connectivity index (χ4n) is 3.78. The molecule has 12 heteroatoms. The third-order valence-electron chi connectivity index (χ3n) is 5.35. The van der Waals surface area contributed by atoms with Crippen LogP contribution in [0.1, 0.15) is 44.8 Å². The Hall–Kier alpha value is -3.44. The summed E-state index contributed by atoms with van der Waals surface area (Å²) in [6.07, 6.45) is -0.512. The van der Waals surface area contributed by atoms with Gasteiger partial charge in [-0.25, -0.2) is 21.9 Å². The van der Waals surface area contributed by atoms with Crippen LogP contribution in [-0.4, -0.2) is 38.3 Å². The van der Waals surface area contributed by atoms with Crippen LogP contribution in [-0.2, 0) is 33.8 Å². The van der Waals surface area contributed by atoms with Gasteiger partial charge in [-0.2, -0.15) is 0 Å². The largest absolute Gasteiger partial charge is 0.513 e. The molecule has 0 saturated carbocycles. The second kappa shape index (κ2) is 12.2. The first-order valence-electron chi connectivity index (χ1n) is 11.4. The van der Waals surface area contributed by atoms with Crippen LogP contribution in [0.3, 0.4) is 0 Å². The van der Waals surface area contributed by atoms with Crippen LogP contribution in [0.15, 0.2) is 60.4 Å². The van der Waals surface area contributed by atoms with Crippen molar-refractivity contribution in [2.24, 2.45) is 0 Å². The zero-order valence-electron chi connectivity index (χ0n) is 20.1. The van der Waals surface area contributed by atoms with Crippen molar-refractivity contribution >= 4 is 45.3 Å². The maximum absolute atomic E-state index is 14.1. The summed E-state index contributed by atoms with van der Waals surface area (Å²) >= 11 is 6.21. The van der Waals surface area contributed by atoms with Crippen LogP contribution in [0.25, 0.3) is 0 Å². The number of hydrogen-bond donors (Lipinski definition) is 0. The number of nitrogens with zero attached hydrogens (tertiary/aromatic N) is 1. The fraction of sp³-hybridized carbons (Fsp3) is 0.320. The molecule has 0 unspecified atom stereocenters. The molecule has 0 aromatic heterocycles. The van der Waals surface area contributed by atoms with Gasteiger partial charge in [0.05, 0.1) is 17.3 Å². The summed E-state index contributed by atoms with van der Waals surface area (Å²) in [5, 5.41) is -1.86. The predicted molar refractivity (Wildman–Crippen MR) is 133 cm³/mol. The summed E-state index contributed by atoms with van der Waals surface area (Å²) in [5.74, 6) is -2.99. The van der Waals surface area contributed by atoms with E-state index < -0.39 is 45.2 Å². The molecule has 0 N–H and O–H groups in total. The highest BCUT2D eigenvalue weighted by atomic mass is 35.5. The van der Waals surface area contributed by atoms with Gasteiger partial charge in [-0.15, -0.1) is 0 Å². The van der Waals surface area contributed by atoms with Crippen LogP contribution in [0.5, 0.6) is 0 Å². The van der Waals surface area contributed by atoms with Crippen molar-refractivity contribution in [2.45, 2.75) is 44.5 Å². The highest BCUT2D eigenvalue weighted by molar-refractivity contribution is 7.94. The van der Waals surface area contributed by atoms with Crippen molar-refractivity contribution in [1.82, 2.24) is 0 Å². The number of ether oxygens (including phenoxy) is 3. The summed E-state index contributed by atoms with van der Waals surface area (Å²) in [6, 6.07) is 10.6. The summed E-state index contributed by atoms with van der Waals surface area (Å²) in [5.41, 5.74) is -0.162. The summed E-state index contributed by atoms with van der Waals surface area (Å²) in [6.45, 7) is 2.63. The van der Waals surface area contributed by atoms with Crippen LogP contribution >= 0.6 is 11.6 Å². The molecule has 3 rings (SSSR count). The molecule has 0 fully saturated rings. The number of sulfonamides is 1. The lowest BCUT2D eigenvalue weighted by Gasteiger charge is -2.32. The van der Waals surface area contributed by atoms with Gasteiger partial charge in [0.15, 0.2) is 0 Å². The molecule has 0 spiro atoms. The normalized spacial score (nSPS) is 16.2. The maximum Gasteiger partial charge on any atom is 0.513 e. The molecular formula is C25H25ClFNO8S. The first kappa shape index (κ1) is 28.1. The number of esters is 1. The number of amides is 1. The Labute approximate surface area is 218 Å². The Morgan fingerprint density at radius 2 is 1.86 bits per heavy atom. The van der Waals surface area contributed by atoms with Crippen LogP contribution in [0.4, 0.5) is 14.9 Å². The van der Waals surface area contributed by atoms with E-state index in [0.29, 0.717) is 17.1 Å². The highest BCUT2D eigenvalue weighted by Gasteiger charge is 2.45. The maximum atomic E-state index is 14.1. The number of allylic oxidation sites excluding steroid dienone is 1. The smallest absolute Gasteiger partial charge is 0.447 e.